The first-order chi connectivity index (χ1) is 11.9. The number of nitrogens with zero attached hydrogens (tertiary/aromatic N) is 2. The molecule has 0 bridgehead atoms. The Bertz CT molecular complexity index is 759. The lowest BCUT2D eigenvalue weighted by Gasteiger charge is -2.17. The Hall–Kier alpha value is -2.96. The molecule has 7 heteroatoms. The van der Waals surface area contributed by atoms with Crippen molar-refractivity contribution in [1.82, 2.24) is 15.3 Å². The predicted molar refractivity (Wildman–Crippen MR) is 91.7 cm³/mol. The summed E-state index contributed by atoms with van der Waals surface area (Å²) in [5.74, 6) is -0.882. The highest BCUT2D eigenvalue weighted by molar-refractivity contribution is 5.92. The molecule has 2 N–H and O–H groups in total. The van der Waals surface area contributed by atoms with Gasteiger partial charge in [-0.1, -0.05) is 19.1 Å². The van der Waals surface area contributed by atoms with Crippen molar-refractivity contribution < 1.29 is 19.4 Å². The Labute approximate surface area is 146 Å². The number of aromatic nitrogens is 2. The second-order valence-corrected chi connectivity index (χ2v) is 5.72. The number of ether oxygens (including phenoxy) is 1. The molecule has 0 saturated heterocycles. The van der Waals surface area contributed by atoms with Gasteiger partial charge in [0, 0.05) is 12.1 Å². The van der Waals surface area contributed by atoms with E-state index >= 15 is 0 Å². The van der Waals surface area contributed by atoms with Crippen molar-refractivity contribution in [3.05, 3.63) is 53.1 Å². The smallest absolute Gasteiger partial charge is 0.356 e. The van der Waals surface area contributed by atoms with Gasteiger partial charge in [-0.2, -0.15) is 0 Å². The van der Waals surface area contributed by atoms with E-state index in [1.165, 1.54) is 0 Å². The molecule has 132 valence electrons. The Kier molecular flexibility index (Phi) is 6.05. The molecule has 1 aromatic heterocycles. The van der Waals surface area contributed by atoms with E-state index in [0.717, 1.165) is 35.7 Å². The van der Waals surface area contributed by atoms with Crippen LogP contribution in [0.4, 0.5) is 0 Å². The van der Waals surface area contributed by atoms with Crippen LogP contribution < -0.4 is 10.1 Å². The Morgan fingerprint density at radius 3 is 2.52 bits per heavy atom. The highest BCUT2D eigenvalue weighted by atomic mass is 16.5. The van der Waals surface area contributed by atoms with Gasteiger partial charge in [0.25, 0.3) is 5.91 Å². The molecule has 1 amide bonds. The van der Waals surface area contributed by atoms with E-state index in [-0.39, 0.29) is 24.0 Å². The molecule has 0 spiro atoms. The first-order valence-electron chi connectivity index (χ1n) is 8.00. The van der Waals surface area contributed by atoms with Crippen molar-refractivity contribution in [2.75, 3.05) is 0 Å². The van der Waals surface area contributed by atoms with Crippen LogP contribution in [0.2, 0.25) is 0 Å². The zero-order chi connectivity index (χ0) is 18.4. The third-order valence-corrected chi connectivity index (χ3v) is 3.67. The van der Waals surface area contributed by atoms with Gasteiger partial charge in [-0.05, 0) is 31.9 Å². The number of aryl methyl sites for hydroxylation is 1. The van der Waals surface area contributed by atoms with Crippen molar-refractivity contribution in [3.63, 3.8) is 0 Å². The number of hydrogen-bond donors (Lipinski definition) is 2. The van der Waals surface area contributed by atoms with Crippen LogP contribution in [0, 0.1) is 6.92 Å². The van der Waals surface area contributed by atoms with Crippen LogP contribution in [0.25, 0.3) is 0 Å². The first kappa shape index (κ1) is 18.4. The molecule has 1 atom stereocenters. The largest absolute Gasteiger partial charge is 0.490 e. The second kappa shape index (κ2) is 8.23. The minimum atomic E-state index is -1.19. The summed E-state index contributed by atoms with van der Waals surface area (Å²) in [5.41, 5.74) is 1.78. The number of rotatable bonds is 7. The second-order valence-electron chi connectivity index (χ2n) is 5.72. The minimum absolute atomic E-state index is 0.0570. The summed E-state index contributed by atoms with van der Waals surface area (Å²) in [7, 11) is 0. The number of amides is 1. The number of hydrogen-bond acceptors (Lipinski definition) is 5. The Morgan fingerprint density at radius 1 is 1.24 bits per heavy atom. The van der Waals surface area contributed by atoms with Crippen LogP contribution in [0.5, 0.6) is 5.75 Å². The topological polar surface area (TPSA) is 101 Å². The summed E-state index contributed by atoms with van der Waals surface area (Å²) >= 11 is 0. The van der Waals surface area contributed by atoms with Crippen molar-refractivity contribution >= 4 is 11.9 Å². The van der Waals surface area contributed by atoms with E-state index in [0.29, 0.717) is 0 Å². The maximum absolute atomic E-state index is 12.2. The van der Waals surface area contributed by atoms with Gasteiger partial charge in [0.15, 0.2) is 5.69 Å². The number of aromatic carboxylic acids is 1. The molecule has 1 aromatic carbocycles. The lowest BCUT2D eigenvalue weighted by atomic mass is 10.1. The lowest BCUT2D eigenvalue weighted by molar-refractivity contribution is 0.0689. The maximum Gasteiger partial charge on any atom is 0.356 e. The van der Waals surface area contributed by atoms with Crippen molar-refractivity contribution in [2.24, 2.45) is 0 Å². The number of carbonyl (C=O) groups is 2. The average molecular weight is 343 g/mol. The van der Waals surface area contributed by atoms with Crippen molar-refractivity contribution in [1.29, 1.82) is 0 Å². The number of carboxylic acid groups (broad SMARTS) is 1. The van der Waals surface area contributed by atoms with E-state index in [4.69, 9.17) is 9.84 Å². The van der Waals surface area contributed by atoms with E-state index < -0.39 is 11.9 Å². The van der Waals surface area contributed by atoms with Crippen LogP contribution in [-0.2, 0) is 6.54 Å². The molecule has 7 nitrogen and oxygen atoms in total. The molecule has 1 heterocycles. The summed E-state index contributed by atoms with van der Waals surface area (Å²) in [4.78, 5) is 30.4. The van der Waals surface area contributed by atoms with E-state index in [1.807, 2.05) is 39.0 Å². The highest BCUT2D eigenvalue weighted by Gasteiger charge is 2.13. The minimum Gasteiger partial charge on any atom is -0.490 e. The van der Waals surface area contributed by atoms with Crippen LogP contribution >= 0.6 is 0 Å². The molecule has 0 saturated carbocycles. The van der Waals surface area contributed by atoms with Crippen LogP contribution in [-0.4, -0.2) is 33.1 Å². The predicted octanol–water partition coefficient (Wildman–Crippen LogP) is 2.59. The molecular formula is C18H21N3O4. The summed E-state index contributed by atoms with van der Waals surface area (Å²) in [6.07, 6.45) is 3.15. The number of benzene rings is 1. The Morgan fingerprint density at radius 2 is 1.92 bits per heavy atom. The fourth-order valence-electron chi connectivity index (χ4n) is 2.04. The maximum atomic E-state index is 12.2. The quantitative estimate of drug-likeness (QED) is 0.801. The van der Waals surface area contributed by atoms with Gasteiger partial charge in [-0.3, -0.25) is 4.79 Å². The molecule has 2 aromatic rings. The molecule has 25 heavy (non-hydrogen) atoms. The third kappa shape index (κ3) is 5.00. The Balaban J connectivity index is 2.07. The fourth-order valence-corrected chi connectivity index (χ4v) is 2.04. The molecule has 1 unspecified atom stereocenters. The van der Waals surface area contributed by atoms with E-state index in [2.05, 4.69) is 15.3 Å². The number of carbonyl (C=O) groups excluding carboxylic acids is 1. The van der Waals surface area contributed by atoms with Gasteiger partial charge in [0.2, 0.25) is 0 Å². The van der Waals surface area contributed by atoms with Crippen molar-refractivity contribution in [2.45, 2.75) is 39.8 Å². The zero-order valence-corrected chi connectivity index (χ0v) is 14.4. The monoisotopic (exact) mass is 343 g/mol. The molecule has 0 aliphatic rings. The fraction of sp³-hybridized carbons (Fsp3) is 0.333. The molecule has 0 aliphatic heterocycles. The zero-order valence-electron chi connectivity index (χ0n) is 14.4. The first-order valence-corrected chi connectivity index (χ1v) is 8.00. The van der Waals surface area contributed by atoms with Crippen LogP contribution in [0.3, 0.4) is 0 Å². The molecule has 0 aliphatic carbocycles. The van der Waals surface area contributed by atoms with Gasteiger partial charge in [0.05, 0.1) is 18.5 Å². The van der Waals surface area contributed by atoms with E-state index in [1.54, 1.807) is 0 Å². The number of carboxylic acids is 1. The molecule has 0 radical (unpaired) electrons. The van der Waals surface area contributed by atoms with Crippen LogP contribution in [0.1, 0.15) is 52.4 Å². The standard InChI is InChI=1S/C18H21N3O4/c1-4-12(3)25-16-7-11(2)5-6-13(16)8-21-17(22)14-9-20-15(10-19-14)18(23)24/h5-7,9-10,12H,4,8H2,1-3H3,(H,21,22)(H,23,24). The van der Waals surface area contributed by atoms with Gasteiger partial charge in [-0.15, -0.1) is 0 Å². The summed E-state index contributed by atoms with van der Waals surface area (Å²) in [5, 5.41) is 11.5. The summed E-state index contributed by atoms with van der Waals surface area (Å²) in [6, 6.07) is 5.80. The van der Waals surface area contributed by atoms with Crippen LogP contribution in [0.15, 0.2) is 30.6 Å². The van der Waals surface area contributed by atoms with Gasteiger partial charge in [-0.25, -0.2) is 14.8 Å². The lowest BCUT2D eigenvalue weighted by Crippen LogP contribution is -2.25. The normalized spacial score (nSPS) is 11.6. The van der Waals surface area contributed by atoms with Gasteiger partial charge in [0.1, 0.15) is 11.4 Å². The van der Waals surface area contributed by atoms with E-state index in [9.17, 15) is 9.59 Å². The molecule has 0 fully saturated rings. The SMILES string of the molecule is CCC(C)Oc1cc(C)ccc1CNC(=O)c1cnc(C(=O)O)cn1. The molecular weight excluding hydrogens is 322 g/mol. The summed E-state index contributed by atoms with van der Waals surface area (Å²) < 4.78 is 5.91. The van der Waals surface area contributed by atoms with Gasteiger partial charge < -0.3 is 15.2 Å². The average Bonchev–Trinajstić information content (AvgIpc) is 2.60. The summed E-state index contributed by atoms with van der Waals surface area (Å²) in [6.45, 7) is 6.28. The van der Waals surface area contributed by atoms with Gasteiger partial charge >= 0.3 is 5.97 Å². The third-order valence-electron chi connectivity index (χ3n) is 3.67. The van der Waals surface area contributed by atoms with Crippen molar-refractivity contribution in [3.8, 4) is 5.75 Å². The molecule has 2 rings (SSSR count). The highest BCUT2D eigenvalue weighted by Crippen LogP contribution is 2.22. The number of nitrogens with one attached hydrogen (secondary N) is 1.